The Bertz CT molecular complexity index is 976. The second-order valence-electron chi connectivity index (χ2n) is 7.81. The first-order chi connectivity index (χ1) is 14.7. The van der Waals surface area contributed by atoms with Crippen LogP contribution in [-0.2, 0) is 6.42 Å². The summed E-state index contributed by atoms with van der Waals surface area (Å²) in [6.45, 7) is 2.60. The first-order valence-electron chi connectivity index (χ1n) is 10.6. The third-order valence-electron chi connectivity index (χ3n) is 5.92. The minimum absolute atomic E-state index is 0.0184. The van der Waals surface area contributed by atoms with Crippen LogP contribution in [0.4, 0.5) is 0 Å². The van der Waals surface area contributed by atoms with Crippen molar-refractivity contribution >= 4 is 5.91 Å². The molecule has 1 heterocycles. The number of carbonyl (C=O) groups is 1. The van der Waals surface area contributed by atoms with Gasteiger partial charge in [-0.1, -0.05) is 48.4 Å². The Balaban J connectivity index is 1.57. The zero-order valence-electron chi connectivity index (χ0n) is 17.6. The summed E-state index contributed by atoms with van der Waals surface area (Å²) >= 11 is 0. The molecule has 1 saturated carbocycles. The van der Waals surface area contributed by atoms with Gasteiger partial charge in [0.2, 0.25) is 0 Å². The average Bonchev–Trinajstić information content (AvgIpc) is 3.45. The molecule has 0 N–H and O–H groups in total. The maximum Gasteiger partial charge on any atom is 0.276 e. The van der Waals surface area contributed by atoms with Gasteiger partial charge in [-0.05, 0) is 56.0 Å². The lowest BCUT2D eigenvalue weighted by Gasteiger charge is -2.28. The van der Waals surface area contributed by atoms with Gasteiger partial charge in [0.1, 0.15) is 5.75 Å². The molecule has 0 spiro atoms. The SMILES string of the molecule is COc1ccc(-n2nnc(C(=O)N(CCc3ccccc3)C3CCCC3)c2C)cc1. The molecule has 2 aromatic carbocycles. The van der Waals surface area contributed by atoms with Gasteiger partial charge in [-0.15, -0.1) is 5.10 Å². The van der Waals surface area contributed by atoms with Gasteiger partial charge in [-0.2, -0.15) is 0 Å². The summed E-state index contributed by atoms with van der Waals surface area (Å²) in [4.78, 5) is 15.5. The van der Waals surface area contributed by atoms with Crippen LogP contribution >= 0.6 is 0 Å². The molecule has 0 aliphatic heterocycles. The van der Waals surface area contributed by atoms with Crippen molar-refractivity contribution in [3.63, 3.8) is 0 Å². The van der Waals surface area contributed by atoms with E-state index in [1.54, 1.807) is 11.8 Å². The van der Waals surface area contributed by atoms with Crippen molar-refractivity contribution in [2.45, 2.75) is 45.1 Å². The molecule has 6 heteroatoms. The fraction of sp³-hybridized carbons (Fsp3) is 0.375. The number of hydrogen-bond donors (Lipinski definition) is 0. The summed E-state index contributed by atoms with van der Waals surface area (Å²) in [7, 11) is 1.64. The summed E-state index contributed by atoms with van der Waals surface area (Å²) in [5.74, 6) is 0.760. The lowest BCUT2D eigenvalue weighted by molar-refractivity contribution is 0.0677. The molecule has 0 atom stereocenters. The van der Waals surface area contributed by atoms with Gasteiger partial charge in [0, 0.05) is 12.6 Å². The summed E-state index contributed by atoms with van der Waals surface area (Å²) in [6, 6.07) is 18.2. The maximum absolute atomic E-state index is 13.5. The number of methoxy groups -OCH3 is 1. The number of hydrogen-bond acceptors (Lipinski definition) is 4. The number of aromatic nitrogens is 3. The van der Waals surface area contributed by atoms with E-state index in [2.05, 4.69) is 22.4 Å². The van der Waals surface area contributed by atoms with Crippen LogP contribution in [0.15, 0.2) is 54.6 Å². The minimum atomic E-state index is -0.0184. The highest BCUT2D eigenvalue weighted by atomic mass is 16.5. The van der Waals surface area contributed by atoms with Crippen LogP contribution < -0.4 is 4.74 Å². The van der Waals surface area contributed by atoms with Crippen LogP contribution in [0.1, 0.15) is 47.4 Å². The van der Waals surface area contributed by atoms with Gasteiger partial charge in [0.25, 0.3) is 5.91 Å². The topological polar surface area (TPSA) is 60.2 Å². The highest BCUT2D eigenvalue weighted by molar-refractivity contribution is 5.93. The molecular weight excluding hydrogens is 376 g/mol. The van der Waals surface area contributed by atoms with Gasteiger partial charge in [-0.25, -0.2) is 4.68 Å². The highest BCUT2D eigenvalue weighted by Crippen LogP contribution is 2.26. The van der Waals surface area contributed by atoms with E-state index in [9.17, 15) is 4.79 Å². The van der Waals surface area contributed by atoms with E-state index in [-0.39, 0.29) is 11.9 Å². The van der Waals surface area contributed by atoms with E-state index in [0.29, 0.717) is 12.2 Å². The predicted octanol–water partition coefficient (Wildman–Crippen LogP) is 4.21. The quantitative estimate of drug-likeness (QED) is 0.592. The van der Waals surface area contributed by atoms with Crippen molar-refractivity contribution in [2.24, 2.45) is 0 Å². The normalized spacial score (nSPS) is 14.1. The number of ether oxygens (including phenoxy) is 1. The zero-order valence-corrected chi connectivity index (χ0v) is 17.6. The van der Waals surface area contributed by atoms with Gasteiger partial charge >= 0.3 is 0 Å². The number of nitrogens with zero attached hydrogens (tertiary/aromatic N) is 4. The summed E-state index contributed by atoms with van der Waals surface area (Å²) in [6.07, 6.45) is 5.32. The molecule has 3 aromatic rings. The smallest absolute Gasteiger partial charge is 0.276 e. The van der Waals surface area contributed by atoms with E-state index < -0.39 is 0 Å². The zero-order chi connectivity index (χ0) is 20.9. The van der Waals surface area contributed by atoms with Gasteiger partial charge in [0.05, 0.1) is 18.5 Å². The second kappa shape index (κ2) is 9.11. The molecular formula is C24H28N4O2. The van der Waals surface area contributed by atoms with Gasteiger partial charge in [-0.3, -0.25) is 4.79 Å². The van der Waals surface area contributed by atoms with E-state index in [4.69, 9.17) is 4.74 Å². The fourth-order valence-corrected chi connectivity index (χ4v) is 4.19. The number of rotatable bonds is 7. The van der Waals surface area contributed by atoms with Crippen LogP contribution in [0, 0.1) is 6.92 Å². The number of benzene rings is 2. The van der Waals surface area contributed by atoms with Crippen LogP contribution in [0.2, 0.25) is 0 Å². The molecule has 0 unspecified atom stereocenters. The Kier molecular flexibility index (Phi) is 6.12. The van der Waals surface area contributed by atoms with E-state index in [1.165, 1.54) is 18.4 Å². The first kappa shape index (κ1) is 20.1. The van der Waals surface area contributed by atoms with Crippen molar-refractivity contribution in [1.82, 2.24) is 19.9 Å². The Morgan fingerprint density at radius 3 is 2.47 bits per heavy atom. The highest BCUT2D eigenvalue weighted by Gasteiger charge is 2.30. The molecule has 1 amide bonds. The molecule has 1 fully saturated rings. The van der Waals surface area contributed by atoms with E-state index in [0.717, 1.165) is 36.4 Å². The monoisotopic (exact) mass is 404 g/mol. The number of carbonyl (C=O) groups excluding carboxylic acids is 1. The minimum Gasteiger partial charge on any atom is -0.497 e. The molecule has 156 valence electrons. The molecule has 0 radical (unpaired) electrons. The largest absolute Gasteiger partial charge is 0.497 e. The lowest BCUT2D eigenvalue weighted by Crippen LogP contribution is -2.40. The molecule has 0 bridgehead atoms. The Hall–Kier alpha value is -3.15. The van der Waals surface area contributed by atoms with Crippen LogP contribution in [0.25, 0.3) is 5.69 Å². The van der Waals surface area contributed by atoms with Crippen LogP contribution in [0.5, 0.6) is 5.75 Å². The number of amides is 1. The molecule has 1 aliphatic rings. The Labute approximate surface area is 177 Å². The van der Waals surface area contributed by atoms with Crippen molar-refractivity contribution in [3.8, 4) is 11.4 Å². The average molecular weight is 405 g/mol. The summed E-state index contributed by atoms with van der Waals surface area (Å²) in [5, 5.41) is 8.54. The van der Waals surface area contributed by atoms with E-state index in [1.807, 2.05) is 54.3 Å². The van der Waals surface area contributed by atoms with Crippen molar-refractivity contribution < 1.29 is 9.53 Å². The molecule has 30 heavy (non-hydrogen) atoms. The Morgan fingerprint density at radius 1 is 1.10 bits per heavy atom. The molecule has 4 rings (SSSR count). The third kappa shape index (κ3) is 4.22. The summed E-state index contributed by atoms with van der Waals surface area (Å²) in [5.41, 5.74) is 3.29. The fourth-order valence-electron chi connectivity index (χ4n) is 4.19. The molecule has 6 nitrogen and oxygen atoms in total. The van der Waals surface area contributed by atoms with E-state index >= 15 is 0 Å². The molecule has 1 aromatic heterocycles. The van der Waals surface area contributed by atoms with Crippen molar-refractivity contribution in [1.29, 1.82) is 0 Å². The third-order valence-corrected chi connectivity index (χ3v) is 5.92. The predicted molar refractivity (Wildman–Crippen MR) is 116 cm³/mol. The first-order valence-corrected chi connectivity index (χ1v) is 10.6. The lowest BCUT2D eigenvalue weighted by atomic mass is 10.1. The van der Waals surface area contributed by atoms with Gasteiger partial charge < -0.3 is 9.64 Å². The van der Waals surface area contributed by atoms with Crippen LogP contribution in [0.3, 0.4) is 0 Å². The van der Waals surface area contributed by atoms with Crippen molar-refractivity contribution in [3.05, 3.63) is 71.5 Å². The standard InChI is InChI=1S/C24H28N4O2/c1-18-23(25-26-28(18)21-12-14-22(30-2)15-13-21)24(29)27(20-10-6-7-11-20)17-16-19-8-4-3-5-9-19/h3-5,8-9,12-15,20H,6-7,10-11,16-17H2,1-2H3. The maximum atomic E-state index is 13.5. The Morgan fingerprint density at radius 2 is 1.80 bits per heavy atom. The second-order valence-corrected chi connectivity index (χ2v) is 7.81. The summed E-state index contributed by atoms with van der Waals surface area (Å²) < 4.78 is 6.94. The van der Waals surface area contributed by atoms with Crippen molar-refractivity contribution in [2.75, 3.05) is 13.7 Å². The van der Waals surface area contributed by atoms with Crippen LogP contribution in [-0.4, -0.2) is 45.5 Å². The molecule has 1 aliphatic carbocycles. The molecule has 0 saturated heterocycles. The van der Waals surface area contributed by atoms with Gasteiger partial charge in [0.15, 0.2) is 5.69 Å².